The number of hydrogen-bond acceptors (Lipinski definition) is 6. The van der Waals surface area contributed by atoms with Gasteiger partial charge in [0.15, 0.2) is 15.6 Å². The van der Waals surface area contributed by atoms with Gasteiger partial charge < -0.3 is 4.42 Å². The largest absolute Gasteiger partial charge is 0.463 e. The van der Waals surface area contributed by atoms with E-state index in [1.54, 1.807) is 24.3 Å². The van der Waals surface area contributed by atoms with Crippen LogP contribution in [0.5, 0.6) is 0 Å². The lowest BCUT2D eigenvalue weighted by molar-refractivity contribution is -0.116. The number of thiophene rings is 1. The van der Waals surface area contributed by atoms with Crippen LogP contribution in [0.2, 0.25) is 4.34 Å². The number of carbonyl (C=O) groups excluding carboxylic acids is 1. The zero-order chi connectivity index (χ0) is 22.2. The Bertz CT molecular complexity index is 1470. The Morgan fingerprint density at radius 3 is 2.55 bits per heavy atom. The van der Waals surface area contributed by atoms with E-state index in [0.29, 0.717) is 20.9 Å². The highest BCUT2D eigenvalue weighted by Gasteiger charge is 2.22. The Balaban J connectivity index is 1.56. The first kappa shape index (κ1) is 21.4. The SMILES string of the molecule is O=C(Cc1ccc(-c2coc3ccccc3c2=O)c(F)c1)CS(=O)(=O)c1ccc(Cl)s1. The Labute approximate surface area is 185 Å². The molecule has 0 saturated heterocycles. The van der Waals surface area contributed by atoms with Crippen LogP contribution in [0.4, 0.5) is 4.39 Å². The number of sulfone groups is 1. The highest BCUT2D eigenvalue weighted by molar-refractivity contribution is 7.94. The lowest BCUT2D eigenvalue weighted by atomic mass is 10.0. The van der Waals surface area contributed by atoms with E-state index < -0.39 is 27.2 Å². The van der Waals surface area contributed by atoms with E-state index in [4.69, 9.17) is 16.0 Å². The summed E-state index contributed by atoms with van der Waals surface area (Å²) < 4.78 is 45.1. The fourth-order valence-electron chi connectivity index (χ4n) is 3.18. The minimum atomic E-state index is -3.81. The number of fused-ring (bicyclic) bond motifs is 1. The summed E-state index contributed by atoms with van der Waals surface area (Å²) in [6.07, 6.45) is 0.939. The molecule has 0 N–H and O–H groups in total. The molecule has 0 aliphatic rings. The van der Waals surface area contributed by atoms with Gasteiger partial charge in [0.2, 0.25) is 5.43 Å². The molecule has 9 heteroatoms. The average molecular weight is 477 g/mol. The van der Waals surface area contributed by atoms with Crippen molar-refractivity contribution in [3.05, 3.63) is 86.8 Å². The molecule has 2 heterocycles. The van der Waals surface area contributed by atoms with Crippen LogP contribution < -0.4 is 5.43 Å². The number of benzene rings is 2. The van der Waals surface area contributed by atoms with Crippen LogP contribution in [-0.2, 0) is 21.1 Å². The summed E-state index contributed by atoms with van der Waals surface area (Å²) in [7, 11) is -3.81. The number of para-hydroxylation sites is 1. The molecule has 4 rings (SSSR count). The maximum atomic E-state index is 14.7. The van der Waals surface area contributed by atoms with Crippen molar-refractivity contribution < 1.29 is 22.0 Å². The predicted octanol–water partition coefficient (Wildman–Crippen LogP) is 4.90. The Morgan fingerprint density at radius 2 is 1.84 bits per heavy atom. The van der Waals surface area contributed by atoms with Crippen molar-refractivity contribution in [3.63, 3.8) is 0 Å². The second kappa shape index (κ2) is 8.37. The standard InChI is InChI=1S/C22H14ClFO5S2/c23-20-7-8-21(30-20)31(27,28)12-14(25)9-13-5-6-15(18(24)10-13)17-11-29-19-4-2-1-3-16(19)22(17)26/h1-8,10-11H,9,12H2. The molecule has 0 aliphatic heterocycles. The molecule has 0 saturated carbocycles. The van der Waals surface area contributed by atoms with E-state index in [-0.39, 0.29) is 27.2 Å². The zero-order valence-corrected chi connectivity index (χ0v) is 18.2. The number of ketones is 1. The Hall–Kier alpha value is -2.81. The molecule has 158 valence electrons. The summed E-state index contributed by atoms with van der Waals surface area (Å²) in [6.45, 7) is 0. The second-order valence-electron chi connectivity index (χ2n) is 6.82. The molecule has 0 bridgehead atoms. The highest BCUT2D eigenvalue weighted by atomic mass is 35.5. The molecule has 0 fully saturated rings. The average Bonchev–Trinajstić information content (AvgIpc) is 3.16. The van der Waals surface area contributed by atoms with Gasteiger partial charge in [0.1, 0.15) is 27.6 Å². The van der Waals surface area contributed by atoms with Gasteiger partial charge in [-0.05, 0) is 35.9 Å². The normalized spacial score (nSPS) is 11.7. The fourth-order valence-corrected chi connectivity index (χ4v) is 5.99. The minimum absolute atomic E-state index is 0.00964. The van der Waals surface area contributed by atoms with Crippen LogP contribution in [0.25, 0.3) is 22.1 Å². The summed E-state index contributed by atoms with van der Waals surface area (Å²) in [5.41, 5.74) is 0.427. The molecule has 0 radical (unpaired) electrons. The second-order valence-corrected chi connectivity index (χ2v) is 10.8. The summed E-state index contributed by atoms with van der Waals surface area (Å²) in [5, 5.41) is 0.331. The van der Waals surface area contributed by atoms with E-state index in [2.05, 4.69) is 0 Å². The van der Waals surface area contributed by atoms with Gasteiger partial charge in [0.05, 0.1) is 15.3 Å². The van der Waals surface area contributed by atoms with Crippen LogP contribution in [0.15, 0.2) is 74.3 Å². The molecule has 4 aromatic rings. The van der Waals surface area contributed by atoms with E-state index in [9.17, 15) is 22.4 Å². The van der Waals surface area contributed by atoms with Gasteiger partial charge in [0.25, 0.3) is 0 Å². The van der Waals surface area contributed by atoms with Crippen molar-refractivity contribution in [2.45, 2.75) is 10.6 Å². The molecule has 0 atom stereocenters. The smallest absolute Gasteiger partial charge is 0.200 e. The minimum Gasteiger partial charge on any atom is -0.463 e. The van der Waals surface area contributed by atoms with Crippen LogP contribution in [0.3, 0.4) is 0 Å². The first-order valence-electron chi connectivity index (χ1n) is 9.04. The first-order valence-corrected chi connectivity index (χ1v) is 11.9. The van der Waals surface area contributed by atoms with Gasteiger partial charge in [-0.25, -0.2) is 12.8 Å². The molecule has 0 unspecified atom stereocenters. The lowest BCUT2D eigenvalue weighted by Crippen LogP contribution is -2.17. The van der Waals surface area contributed by atoms with Crippen LogP contribution in [-0.4, -0.2) is 20.0 Å². The van der Waals surface area contributed by atoms with Crippen molar-refractivity contribution in [2.75, 3.05) is 5.75 Å². The van der Waals surface area contributed by atoms with Crippen LogP contribution in [0, 0.1) is 5.82 Å². The number of carbonyl (C=O) groups is 1. The third kappa shape index (κ3) is 4.46. The first-order chi connectivity index (χ1) is 14.7. The predicted molar refractivity (Wildman–Crippen MR) is 118 cm³/mol. The molecule has 0 amide bonds. The molecule has 5 nitrogen and oxygen atoms in total. The monoisotopic (exact) mass is 476 g/mol. The number of hydrogen-bond donors (Lipinski definition) is 0. The number of halogens is 2. The van der Waals surface area contributed by atoms with Crippen LogP contribution in [0.1, 0.15) is 5.56 Å². The summed E-state index contributed by atoms with van der Waals surface area (Å²) >= 11 is 6.63. The lowest BCUT2D eigenvalue weighted by Gasteiger charge is -2.07. The van der Waals surface area contributed by atoms with Gasteiger partial charge in [0, 0.05) is 12.0 Å². The van der Waals surface area contributed by atoms with E-state index in [0.717, 1.165) is 17.4 Å². The van der Waals surface area contributed by atoms with E-state index in [1.165, 1.54) is 30.5 Å². The maximum absolute atomic E-state index is 14.7. The number of Topliss-reactive ketones (excluding diaryl/α,β-unsaturated/α-hetero) is 1. The van der Waals surface area contributed by atoms with Crippen molar-refractivity contribution in [3.8, 4) is 11.1 Å². The molecular weight excluding hydrogens is 463 g/mol. The molecule has 0 spiro atoms. The quantitative estimate of drug-likeness (QED) is 0.395. The number of rotatable bonds is 6. The topological polar surface area (TPSA) is 81.4 Å². The van der Waals surface area contributed by atoms with Gasteiger partial charge in [-0.15, -0.1) is 11.3 Å². The summed E-state index contributed by atoms with van der Waals surface area (Å²) in [4.78, 5) is 25.0. The maximum Gasteiger partial charge on any atom is 0.200 e. The zero-order valence-electron chi connectivity index (χ0n) is 15.8. The van der Waals surface area contributed by atoms with Gasteiger partial charge in [-0.2, -0.15) is 0 Å². The van der Waals surface area contributed by atoms with Crippen molar-refractivity contribution in [1.82, 2.24) is 0 Å². The van der Waals surface area contributed by atoms with Crippen molar-refractivity contribution >= 4 is 49.5 Å². The Morgan fingerprint density at radius 1 is 1.06 bits per heavy atom. The van der Waals surface area contributed by atoms with E-state index in [1.807, 2.05) is 0 Å². The van der Waals surface area contributed by atoms with Crippen molar-refractivity contribution in [1.29, 1.82) is 0 Å². The molecule has 2 aromatic heterocycles. The van der Waals surface area contributed by atoms with Crippen LogP contribution >= 0.6 is 22.9 Å². The summed E-state index contributed by atoms with van der Waals surface area (Å²) in [6, 6.07) is 13.4. The van der Waals surface area contributed by atoms with Gasteiger partial charge >= 0.3 is 0 Å². The summed E-state index contributed by atoms with van der Waals surface area (Å²) in [5.74, 6) is -2.00. The molecular formula is C22H14ClFO5S2. The van der Waals surface area contributed by atoms with Crippen molar-refractivity contribution in [2.24, 2.45) is 0 Å². The molecule has 0 aliphatic carbocycles. The third-order valence-electron chi connectivity index (χ3n) is 4.61. The Kier molecular flexibility index (Phi) is 5.79. The molecule has 2 aromatic carbocycles. The highest BCUT2D eigenvalue weighted by Crippen LogP contribution is 2.27. The van der Waals surface area contributed by atoms with E-state index >= 15 is 0 Å². The fraction of sp³-hybridized carbons (Fsp3) is 0.0909. The molecule has 31 heavy (non-hydrogen) atoms. The van der Waals surface area contributed by atoms with Gasteiger partial charge in [-0.3, -0.25) is 9.59 Å². The third-order valence-corrected chi connectivity index (χ3v) is 8.10. The van der Waals surface area contributed by atoms with Gasteiger partial charge in [-0.1, -0.05) is 35.9 Å².